The predicted molar refractivity (Wildman–Crippen MR) is 102 cm³/mol. The van der Waals surface area contributed by atoms with Crippen molar-refractivity contribution in [3.05, 3.63) is 41.6 Å². The van der Waals surface area contributed by atoms with Crippen LogP contribution in [-0.2, 0) is 4.74 Å². The molecule has 0 bridgehead atoms. The first-order valence-corrected chi connectivity index (χ1v) is 8.90. The van der Waals surface area contributed by atoms with Crippen LogP contribution in [-0.4, -0.2) is 53.7 Å². The van der Waals surface area contributed by atoms with E-state index in [9.17, 15) is 4.79 Å². The Hall–Kier alpha value is -2.83. The number of anilines is 3. The number of aromatic nitrogens is 2. The Morgan fingerprint density at radius 3 is 2.50 bits per heavy atom. The molecule has 1 amide bonds. The van der Waals surface area contributed by atoms with Crippen LogP contribution in [0.15, 0.2) is 30.5 Å². The van der Waals surface area contributed by atoms with Gasteiger partial charge in [0, 0.05) is 38.1 Å². The second kappa shape index (κ2) is 8.03. The number of hydrogen-bond donors (Lipinski definition) is 1. The zero-order chi connectivity index (χ0) is 18.5. The topological polar surface area (TPSA) is 70.6 Å². The summed E-state index contributed by atoms with van der Waals surface area (Å²) in [5.74, 6) is 1.43. The molecule has 1 aromatic heterocycles. The average molecular weight is 355 g/mol. The molecule has 2 heterocycles. The number of piperazine rings is 1. The van der Waals surface area contributed by atoms with Crippen LogP contribution in [0, 0.1) is 13.8 Å². The number of nitrogens with zero attached hydrogens (tertiary/aromatic N) is 4. The van der Waals surface area contributed by atoms with Crippen molar-refractivity contribution < 1.29 is 9.53 Å². The van der Waals surface area contributed by atoms with E-state index in [0.29, 0.717) is 38.7 Å². The van der Waals surface area contributed by atoms with E-state index in [4.69, 9.17) is 4.74 Å². The predicted octanol–water partition coefficient (Wildman–Crippen LogP) is 3.12. The van der Waals surface area contributed by atoms with Gasteiger partial charge in [-0.2, -0.15) is 4.98 Å². The molecule has 0 unspecified atom stereocenters. The molecule has 0 saturated carbocycles. The minimum absolute atomic E-state index is 0.252. The van der Waals surface area contributed by atoms with E-state index in [2.05, 4.69) is 52.2 Å². The highest BCUT2D eigenvalue weighted by molar-refractivity contribution is 5.68. The van der Waals surface area contributed by atoms with Crippen LogP contribution < -0.4 is 10.2 Å². The summed E-state index contributed by atoms with van der Waals surface area (Å²) in [6.07, 6.45) is 1.50. The summed E-state index contributed by atoms with van der Waals surface area (Å²) in [4.78, 5) is 24.6. The fraction of sp³-hybridized carbons (Fsp3) is 0.421. The normalized spacial score (nSPS) is 14.3. The molecule has 0 atom stereocenters. The lowest BCUT2D eigenvalue weighted by atomic mass is 10.1. The first-order valence-electron chi connectivity index (χ1n) is 8.90. The number of carbonyl (C=O) groups excluding carboxylic acids is 1. The van der Waals surface area contributed by atoms with E-state index < -0.39 is 0 Å². The number of ether oxygens (including phenoxy) is 1. The Balaban J connectivity index is 1.65. The van der Waals surface area contributed by atoms with Crippen LogP contribution in [0.2, 0.25) is 0 Å². The molecule has 1 aliphatic rings. The number of carbonyl (C=O) groups is 1. The van der Waals surface area contributed by atoms with Gasteiger partial charge in [0.05, 0.1) is 6.61 Å². The number of aryl methyl sites for hydroxylation is 2. The molecule has 7 nitrogen and oxygen atoms in total. The summed E-state index contributed by atoms with van der Waals surface area (Å²) in [6.45, 7) is 8.95. The summed E-state index contributed by atoms with van der Waals surface area (Å²) < 4.78 is 5.05. The maximum absolute atomic E-state index is 11.8. The number of nitrogens with one attached hydrogen (secondary N) is 1. The standard InChI is InChI=1S/C19H25N5O2/c1-4-26-19(25)24-9-7-23(8-10-24)18-20-6-5-17(22-18)21-16-12-14(2)11-15(3)13-16/h5-6,11-13H,4,7-10H2,1-3H3,(H,20,21,22). The lowest BCUT2D eigenvalue weighted by Crippen LogP contribution is -2.49. The second-order valence-electron chi connectivity index (χ2n) is 6.42. The van der Waals surface area contributed by atoms with Crippen molar-refractivity contribution in [2.45, 2.75) is 20.8 Å². The van der Waals surface area contributed by atoms with Crippen LogP contribution >= 0.6 is 0 Å². The summed E-state index contributed by atoms with van der Waals surface area (Å²) >= 11 is 0. The van der Waals surface area contributed by atoms with Crippen LogP contribution in [0.1, 0.15) is 18.1 Å². The van der Waals surface area contributed by atoms with Gasteiger partial charge in [-0.1, -0.05) is 6.07 Å². The minimum Gasteiger partial charge on any atom is -0.450 e. The molecule has 138 valence electrons. The molecule has 0 spiro atoms. The van der Waals surface area contributed by atoms with Crippen molar-refractivity contribution >= 4 is 23.5 Å². The Bertz CT molecular complexity index is 752. The highest BCUT2D eigenvalue weighted by Gasteiger charge is 2.23. The van der Waals surface area contributed by atoms with Crippen molar-refractivity contribution in [1.82, 2.24) is 14.9 Å². The SMILES string of the molecule is CCOC(=O)N1CCN(c2nccc(Nc3cc(C)cc(C)c3)n2)CC1. The van der Waals surface area contributed by atoms with E-state index in [1.54, 1.807) is 11.1 Å². The third kappa shape index (κ3) is 4.41. The van der Waals surface area contributed by atoms with Crippen molar-refractivity contribution in [2.24, 2.45) is 0 Å². The number of rotatable bonds is 4. The zero-order valence-corrected chi connectivity index (χ0v) is 15.5. The van der Waals surface area contributed by atoms with Crippen molar-refractivity contribution in [1.29, 1.82) is 0 Å². The van der Waals surface area contributed by atoms with Gasteiger partial charge in [0.25, 0.3) is 0 Å². The van der Waals surface area contributed by atoms with Gasteiger partial charge in [-0.25, -0.2) is 9.78 Å². The van der Waals surface area contributed by atoms with E-state index in [1.807, 2.05) is 13.0 Å². The Labute approximate surface area is 154 Å². The molecule has 1 saturated heterocycles. The third-order valence-electron chi connectivity index (χ3n) is 4.23. The largest absolute Gasteiger partial charge is 0.450 e. The van der Waals surface area contributed by atoms with Gasteiger partial charge >= 0.3 is 6.09 Å². The molecule has 1 fully saturated rings. The molecular formula is C19H25N5O2. The minimum atomic E-state index is -0.252. The fourth-order valence-corrected chi connectivity index (χ4v) is 3.07. The van der Waals surface area contributed by atoms with Gasteiger partial charge in [-0.05, 0) is 50.1 Å². The van der Waals surface area contributed by atoms with Crippen LogP contribution in [0.3, 0.4) is 0 Å². The summed E-state index contributed by atoms with van der Waals surface area (Å²) in [7, 11) is 0. The van der Waals surface area contributed by atoms with Gasteiger partial charge in [0.15, 0.2) is 0 Å². The molecule has 26 heavy (non-hydrogen) atoms. The molecule has 0 aliphatic carbocycles. The fourth-order valence-electron chi connectivity index (χ4n) is 3.07. The van der Waals surface area contributed by atoms with Gasteiger partial charge in [-0.3, -0.25) is 0 Å². The Morgan fingerprint density at radius 2 is 1.85 bits per heavy atom. The first-order chi connectivity index (χ1) is 12.5. The van der Waals surface area contributed by atoms with Crippen molar-refractivity contribution in [3.8, 4) is 0 Å². The van der Waals surface area contributed by atoms with Crippen LogP contribution in [0.25, 0.3) is 0 Å². The second-order valence-corrected chi connectivity index (χ2v) is 6.42. The van der Waals surface area contributed by atoms with Gasteiger partial charge in [0.1, 0.15) is 5.82 Å². The number of benzene rings is 1. The summed E-state index contributed by atoms with van der Waals surface area (Å²) in [5.41, 5.74) is 3.42. The highest BCUT2D eigenvalue weighted by Crippen LogP contribution is 2.20. The van der Waals surface area contributed by atoms with Gasteiger partial charge < -0.3 is 19.9 Å². The highest BCUT2D eigenvalue weighted by atomic mass is 16.6. The third-order valence-corrected chi connectivity index (χ3v) is 4.23. The molecule has 1 aromatic carbocycles. The maximum Gasteiger partial charge on any atom is 0.409 e. The monoisotopic (exact) mass is 355 g/mol. The number of amides is 1. The zero-order valence-electron chi connectivity index (χ0n) is 15.5. The Morgan fingerprint density at radius 1 is 1.15 bits per heavy atom. The molecule has 1 aliphatic heterocycles. The smallest absolute Gasteiger partial charge is 0.409 e. The summed E-state index contributed by atoms with van der Waals surface area (Å²) in [5, 5.41) is 3.35. The molecule has 7 heteroatoms. The molecular weight excluding hydrogens is 330 g/mol. The molecule has 1 N–H and O–H groups in total. The Kier molecular flexibility index (Phi) is 5.55. The first kappa shape index (κ1) is 18.0. The van der Waals surface area contributed by atoms with Gasteiger partial charge in [-0.15, -0.1) is 0 Å². The van der Waals surface area contributed by atoms with E-state index in [-0.39, 0.29) is 6.09 Å². The molecule has 0 radical (unpaired) electrons. The van der Waals surface area contributed by atoms with Crippen molar-refractivity contribution in [3.63, 3.8) is 0 Å². The summed E-state index contributed by atoms with van der Waals surface area (Å²) in [6, 6.07) is 8.18. The lowest BCUT2D eigenvalue weighted by molar-refractivity contribution is 0.105. The van der Waals surface area contributed by atoms with E-state index in [1.165, 1.54) is 11.1 Å². The maximum atomic E-state index is 11.8. The molecule has 3 rings (SSSR count). The average Bonchev–Trinajstić information content (AvgIpc) is 2.61. The van der Waals surface area contributed by atoms with E-state index in [0.717, 1.165) is 11.5 Å². The lowest BCUT2D eigenvalue weighted by Gasteiger charge is -2.34. The van der Waals surface area contributed by atoms with Gasteiger partial charge in [0.2, 0.25) is 5.95 Å². The van der Waals surface area contributed by atoms with E-state index >= 15 is 0 Å². The quantitative estimate of drug-likeness (QED) is 0.909. The molecule has 2 aromatic rings. The number of hydrogen-bond acceptors (Lipinski definition) is 6. The van der Waals surface area contributed by atoms with Crippen LogP contribution in [0.4, 0.5) is 22.2 Å². The van der Waals surface area contributed by atoms with Crippen LogP contribution in [0.5, 0.6) is 0 Å². The van der Waals surface area contributed by atoms with Crippen molar-refractivity contribution in [2.75, 3.05) is 43.0 Å².